The minimum absolute atomic E-state index is 0.0270. The van der Waals surface area contributed by atoms with E-state index in [1.165, 1.54) is 27.7 Å². The molecule has 16 N–H and O–H groups in total. The number of fused-ring (bicyclic) bond motifs is 31. The summed E-state index contributed by atoms with van der Waals surface area (Å²) in [7, 11) is 0. The number of esters is 2. The minimum Gasteiger partial charge on any atom is -0.459 e. The lowest BCUT2D eigenvalue weighted by molar-refractivity contribution is -0.202. The van der Waals surface area contributed by atoms with Crippen LogP contribution in [-0.4, -0.2) is 209 Å². The second-order valence-corrected chi connectivity index (χ2v) is 21.5. The summed E-state index contributed by atoms with van der Waals surface area (Å²) in [5.74, 6) is -9.16. The number of ether oxygens (including phenoxy) is 2. The second kappa shape index (κ2) is 30.5. The maximum absolute atomic E-state index is 13.5. The summed E-state index contributed by atoms with van der Waals surface area (Å²) in [5, 5.41) is 175. The van der Waals surface area contributed by atoms with Gasteiger partial charge >= 0.3 is 11.9 Å². The first-order valence-corrected chi connectivity index (χ1v) is 25.8. The lowest BCUT2D eigenvalue weighted by Gasteiger charge is -2.39. The van der Waals surface area contributed by atoms with Crippen molar-refractivity contribution in [1.82, 2.24) is 0 Å². The fraction of sp³-hybridized carbons (Fsp3) is 0.940. The lowest BCUT2D eigenvalue weighted by atomic mass is 9.76. The third-order valence-electron chi connectivity index (χ3n) is 15.5. The molecule has 21 heteroatoms. The van der Waals surface area contributed by atoms with Gasteiger partial charge in [-0.25, -0.2) is 4.79 Å². The van der Waals surface area contributed by atoms with Crippen molar-refractivity contribution in [1.29, 1.82) is 0 Å². The Morgan fingerprint density at radius 3 is 1.61 bits per heavy atom. The van der Waals surface area contributed by atoms with E-state index in [1.54, 1.807) is 20.8 Å². The van der Waals surface area contributed by atoms with Gasteiger partial charge in [0.05, 0.1) is 85.8 Å². The first-order valence-electron chi connectivity index (χ1n) is 25.8. The van der Waals surface area contributed by atoms with E-state index in [1.807, 2.05) is 0 Å². The quantitative estimate of drug-likeness (QED) is 0.0936. The summed E-state index contributed by atoms with van der Waals surface area (Å²) in [5.41, 5.74) is -2.90. The Morgan fingerprint density at radius 2 is 1.04 bits per heavy atom. The van der Waals surface area contributed by atoms with E-state index in [0.29, 0.717) is 6.42 Å². The Balaban J connectivity index is 2.32. The predicted octanol–water partition coefficient (Wildman–Crippen LogP) is -1.37. The Morgan fingerprint density at radius 1 is 0.549 bits per heavy atom. The number of aliphatic hydroxyl groups is 16. The molecule has 0 amide bonds. The van der Waals surface area contributed by atoms with E-state index in [2.05, 4.69) is 0 Å². The number of hydrogen-bond donors (Lipinski definition) is 16. The molecule has 0 saturated carbocycles. The van der Waals surface area contributed by atoms with E-state index in [4.69, 9.17) is 9.47 Å². The van der Waals surface area contributed by atoms with Gasteiger partial charge in [-0.3, -0.25) is 9.59 Å². The highest BCUT2D eigenvalue weighted by Gasteiger charge is 2.57. The summed E-state index contributed by atoms with van der Waals surface area (Å²) in [6.45, 7) is 10.7. The van der Waals surface area contributed by atoms with Crippen molar-refractivity contribution in [3.8, 4) is 0 Å². The van der Waals surface area contributed by atoms with E-state index in [-0.39, 0.29) is 83.5 Å². The van der Waals surface area contributed by atoms with E-state index >= 15 is 0 Å². The van der Waals surface area contributed by atoms with Gasteiger partial charge in [0, 0.05) is 42.4 Å². The zero-order chi connectivity index (χ0) is 54.2. The molecule has 0 aliphatic carbocycles. The maximum atomic E-state index is 13.5. The van der Waals surface area contributed by atoms with Crippen LogP contribution >= 0.6 is 0 Å². The van der Waals surface area contributed by atoms with Crippen molar-refractivity contribution >= 4 is 17.7 Å². The van der Waals surface area contributed by atoms with E-state index in [9.17, 15) is 96.1 Å². The highest BCUT2D eigenvalue weighted by Crippen LogP contribution is 2.34. The van der Waals surface area contributed by atoms with Crippen molar-refractivity contribution in [2.24, 2.45) is 35.5 Å². The molecule has 418 valence electrons. The second-order valence-electron chi connectivity index (χ2n) is 21.5. The van der Waals surface area contributed by atoms with Crippen LogP contribution in [0.1, 0.15) is 151 Å². The van der Waals surface area contributed by atoms with Crippen LogP contribution in [0, 0.1) is 35.5 Å². The molecule has 24 atom stereocenters. The Labute approximate surface area is 418 Å². The summed E-state index contributed by atoms with van der Waals surface area (Å²) >= 11 is 0. The number of carbonyl (C=O) groups is 3. The zero-order valence-electron chi connectivity index (χ0n) is 42.8. The first-order chi connectivity index (χ1) is 33.0. The lowest BCUT2D eigenvalue weighted by Crippen LogP contribution is -2.63. The highest BCUT2D eigenvalue weighted by molar-refractivity contribution is 6.09. The number of hydrogen-bond acceptors (Lipinski definition) is 21. The average Bonchev–Trinajstić information content (AvgIpc) is 3.30. The standard InChI is InChI=1S/C50H92O21/c1-8-37(57)26(4)43(63)27(5)44(64)28(6)45(65)29(7)47-46(66)38(58)14-10-13-31(52)17-33(54)18-34(55)19-35(56)20-36-22-41(61)50(69,49(68)70-36)48(67)24(2)15-16-30(51)11-9-12-32(53)21-39(59)25(3)40(60)23-42(62)71-47/h24-40,43-48,51-60,63-67,69H,8-23H2,1-7H3. The van der Waals surface area contributed by atoms with Gasteiger partial charge in [0.1, 0.15) is 24.4 Å². The van der Waals surface area contributed by atoms with Crippen LogP contribution in [-0.2, 0) is 23.9 Å². The van der Waals surface area contributed by atoms with Crippen LogP contribution in [0.15, 0.2) is 0 Å². The predicted molar refractivity (Wildman–Crippen MR) is 254 cm³/mol. The summed E-state index contributed by atoms with van der Waals surface area (Å²) in [6, 6.07) is 0. The molecule has 24 unspecified atom stereocenters. The summed E-state index contributed by atoms with van der Waals surface area (Å²) in [4.78, 5) is 39.6. The Hall–Kier alpha value is -2.03. The number of Topliss-reactive ketones (excluding diaryl/α,β-unsaturated/α-hetero) is 1. The van der Waals surface area contributed by atoms with Gasteiger partial charge in [-0.1, -0.05) is 48.5 Å². The molecule has 3 aliphatic rings. The third-order valence-corrected chi connectivity index (χ3v) is 15.5. The van der Waals surface area contributed by atoms with E-state index in [0.717, 1.165) is 0 Å². The monoisotopic (exact) mass is 1030 g/mol. The summed E-state index contributed by atoms with van der Waals surface area (Å²) < 4.78 is 10.9. The fourth-order valence-electron chi connectivity index (χ4n) is 10.1. The van der Waals surface area contributed by atoms with Gasteiger partial charge < -0.3 is 91.2 Å². The molecule has 3 rings (SSSR count). The molecule has 0 aromatic rings. The van der Waals surface area contributed by atoms with Crippen LogP contribution in [0.25, 0.3) is 0 Å². The van der Waals surface area contributed by atoms with Gasteiger partial charge in [-0.05, 0) is 89.4 Å². The van der Waals surface area contributed by atoms with Crippen molar-refractivity contribution in [3.05, 3.63) is 0 Å². The molecule has 3 fully saturated rings. The number of aliphatic hydroxyl groups excluding tert-OH is 15. The average molecular weight is 1030 g/mol. The minimum atomic E-state index is -2.90. The molecular formula is C50H92O21. The number of rotatable bonds is 9. The zero-order valence-corrected chi connectivity index (χ0v) is 42.8. The Kier molecular flexibility index (Phi) is 28.0. The first kappa shape index (κ1) is 65.1. The van der Waals surface area contributed by atoms with Crippen molar-refractivity contribution < 1.29 is 106 Å². The van der Waals surface area contributed by atoms with Gasteiger partial charge in [-0.15, -0.1) is 0 Å². The fourth-order valence-corrected chi connectivity index (χ4v) is 10.1. The maximum Gasteiger partial charge on any atom is 0.349 e. The molecule has 3 aliphatic heterocycles. The van der Waals surface area contributed by atoms with Crippen molar-refractivity contribution in [2.45, 2.75) is 261 Å². The normalized spacial score (nSPS) is 39.9. The smallest absolute Gasteiger partial charge is 0.349 e. The third kappa shape index (κ3) is 19.6. The SMILES string of the molecule is CCC(O)C(C)C(O)C(C)C(O)C(C)C(O)C(C)C1OC(=O)CC(O)C(C)C(O)CC(O)CCCC(O)CCC(C)C(O)C2(O)C(=O)CC(CC(O)CC(O)CC(O)CC(O)CCCC(O)C1O)OC2=O. The molecule has 0 aromatic heterocycles. The van der Waals surface area contributed by atoms with Gasteiger partial charge in [0.2, 0.25) is 5.60 Å². The van der Waals surface area contributed by atoms with Crippen molar-refractivity contribution in [2.75, 3.05) is 0 Å². The molecule has 0 radical (unpaired) electrons. The van der Waals surface area contributed by atoms with Crippen LogP contribution in [0.2, 0.25) is 0 Å². The largest absolute Gasteiger partial charge is 0.459 e. The number of ketones is 1. The van der Waals surface area contributed by atoms with Crippen LogP contribution in [0.4, 0.5) is 0 Å². The molecule has 3 heterocycles. The molecule has 21 nitrogen and oxygen atoms in total. The molecule has 2 bridgehead atoms. The van der Waals surface area contributed by atoms with Gasteiger partial charge in [0.15, 0.2) is 5.78 Å². The van der Waals surface area contributed by atoms with Gasteiger partial charge in [-0.2, -0.15) is 0 Å². The van der Waals surface area contributed by atoms with Crippen LogP contribution in [0.5, 0.6) is 0 Å². The molecule has 0 spiro atoms. The van der Waals surface area contributed by atoms with Gasteiger partial charge in [0.25, 0.3) is 0 Å². The highest BCUT2D eigenvalue weighted by atomic mass is 16.6. The molecule has 71 heavy (non-hydrogen) atoms. The molecular weight excluding hydrogens is 937 g/mol. The molecule has 3 saturated heterocycles. The topological polar surface area (TPSA) is 393 Å². The summed E-state index contributed by atoms with van der Waals surface area (Å²) in [6.07, 6.45) is -25.2. The van der Waals surface area contributed by atoms with Crippen molar-refractivity contribution in [3.63, 3.8) is 0 Å². The molecule has 0 aromatic carbocycles. The van der Waals surface area contributed by atoms with Crippen LogP contribution in [0.3, 0.4) is 0 Å². The Bertz CT molecular complexity index is 1540. The van der Waals surface area contributed by atoms with Crippen LogP contribution < -0.4 is 0 Å². The van der Waals surface area contributed by atoms with E-state index < -0.39 is 175 Å². The number of carbonyl (C=O) groups excluding carboxylic acids is 3.